The zero-order valence-corrected chi connectivity index (χ0v) is 25.2. The number of imide groups is 1. The van der Waals surface area contributed by atoms with Gasteiger partial charge >= 0.3 is 12.3 Å². The summed E-state index contributed by atoms with van der Waals surface area (Å²) in [7, 11) is 0. The van der Waals surface area contributed by atoms with Crippen LogP contribution in [0.2, 0.25) is 0 Å². The summed E-state index contributed by atoms with van der Waals surface area (Å²) in [5.41, 5.74) is 1.68. The SMILES string of the molecule is CC(C)C[C@H](C(=O)N1C(=O)OCC1Cc1ccccc1)c1cc(OCc2cc(F)cc(F)c2)cc(-c2ccc(C(F)(F)F)cc2)c1. The Hall–Kier alpha value is -4.73. The third-order valence-corrected chi connectivity index (χ3v) is 7.72. The van der Waals surface area contributed by atoms with Crippen LogP contribution in [0.5, 0.6) is 5.75 Å². The van der Waals surface area contributed by atoms with E-state index in [9.17, 15) is 31.5 Å². The predicted molar refractivity (Wildman–Crippen MR) is 162 cm³/mol. The van der Waals surface area contributed by atoms with E-state index in [-0.39, 0.29) is 30.4 Å². The molecule has 1 saturated heterocycles. The van der Waals surface area contributed by atoms with Crippen molar-refractivity contribution in [2.45, 2.75) is 51.4 Å². The smallest absolute Gasteiger partial charge is 0.417 e. The first kappa shape index (κ1) is 32.7. The van der Waals surface area contributed by atoms with Gasteiger partial charge in [-0.15, -0.1) is 0 Å². The van der Waals surface area contributed by atoms with Crippen LogP contribution in [0.15, 0.2) is 91.0 Å². The van der Waals surface area contributed by atoms with Gasteiger partial charge in [0, 0.05) is 6.07 Å². The van der Waals surface area contributed by atoms with Crippen LogP contribution in [0, 0.1) is 17.6 Å². The highest BCUT2D eigenvalue weighted by atomic mass is 19.4. The Morgan fingerprint density at radius 1 is 0.891 bits per heavy atom. The Morgan fingerprint density at radius 2 is 1.57 bits per heavy atom. The van der Waals surface area contributed by atoms with Gasteiger partial charge < -0.3 is 9.47 Å². The molecule has 4 aromatic rings. The van der Waals surface area contributed by atoms with Crippen molar-refractivity contribution in [3.05, 3.63) is 125 Å². The lowest BCUT2D eigenvalue weighted by molar-refractivity contribution is -0.137. The van der Waals surface area contributed by atoms with E-state index in [4.69, 9.17) is 9.47 Å². The van der Waals surface area contributed by atoms with Crippen LogP contribution in [0.1, 0.15) is 48.4 Å². The van der Waals surface area contributed by atoms with E-state index in [1.54, 1.807) is 18.2 Å². The minimum Gasteiger partial charge on any atom is -0.489 e. The number of ether oxygens (including phenoxy) is 2. The number of cyclic esters (lactones) is 1. The second kappa shape index (κ2) is 13.7. The van der Waals surface area contributed by atoms with Crippen LogP contribution in [-0.2, 0) is 28.7 Å². The molecule has 1 heterocycles. The molecular formula is C36H32F5NO4. The lowest BCUT2D eigenvalue weighted by Gasteiger charge is -2.27. The van der Waals surface area contributed by atoms with Gasteiger partial charge in [0.1, 0.15) is 30.6 Å². The topological polar surface area (TPSA) is 55.8 Å². The molecule has 1 unspecified atom stereocenters. The highest BCUT2D eigenvalue weighted by Crippen LogP contribution is 2.37. The first-order valence-electron chi connectivity index (χ1n) is 14.8. The van der Waals surface area contributed by atoms with Gasteiger partial charge in [-0.3, -0.25) is 4.79 Å². The van der Waals surface area contributed by atoms with Gasteiger partial charge in [-0.1, -0.05) is 62.4 Å². The highest BCUT2D eigenvalue weighted by molar-refractivity contribution is 5.97. The van der Waals surface area contributed by atoms with Crippen molar-refractivity contribution in [1.29, 1.82) is 0 Å². The van der Waals surface area contributed by atoms with Gasteiger partial charge in [0.15, 0.2) is 0 Å². The standard InChI is InChI=1S/C36H32F5NO4/c1-22(2)12-33(34(43)42-31(21-46-35(42)44)15-23-6-4-3-5-7-23)27-16-26(25-8-10-28(11-9-25)36(39,40)41)17-32(18-27)45-20-24-13-29(37)19-30(38)14-24/h3-11,13-14,16-19,22,31,33H,12,15,20-21H2,1-2H3/t31?,33-/m0/s1. The van der Waals surface area contributed by atoms with Crippen molar-refractivity contribution < 1.29 is 41.0 Å². The summed E-state index contributed by atoms with van der Waals surface area (Å²) in [6.07, 6.45) is -4.53. The Kier molecular flexibility index (Phi) is 9.74. The number of alkyl halides is 3. The van der Waals surface area contributed by atoms with Crippen molar-refractivity contribution in [1.82, 2.24) is 4.90 Å². The lowest BCUT2D eigenvalue weighted by atomic mass is 9.86. The van der Waals surface area contributed by atoms with Crippen molar-refractivity contribution in [3.63, 3.8) is 0 Å². The molecule has 0 aliphatic carbocycles. The summed E-state index contributed by atoms with van der Waals surface area (Å²) in [5.74, 6) is -2.63. The maximum Gasteiger partial charge on any atom is 0.417 e. The van der Waals surface area contributed by atoms with Crippen LogP contribution in [0.4, 0.5) is 26.7 Å². The molecule has 5 rings (SSSR count). The van der Waals surface area contributed by atoms with E-state index in [1.807, 2.05) is 44.2 Å². The zero-order chi connectivity index (χ0) is 33.0. The number of hydrogen-bond acceptors (Lipinski definition) is 4. The normalized spacial score (nSPS) is 15.6. The molecule has 10 heteroatoms. The van der Waals surface area contributed by atoms with Crippen LogP contribution in [0.25, 0.3) is 11.1 Å². The summed E-state index contributed by atoms with van der Waals surface area (Å²) in [6, 6.07) is 21.3. The summed E-state index contributed by atoms with van der Waals surface area (Å²) >= 11 is 0. The average molecular weight is 638 g/mol. The number of nitrogens with zero attached hydrogens (tertiary/aromatic N) is 1. The van der Waals surface area contributed by atoms with Gasteiger partial charge in [-0.25, -0.2) is 18.5 Å². The zero-order valence-electron chi connectivity index (χ0n) is 25.2. The molecule has 46 heavy (non-hydrogen) atoms. The number of amides is 2. The molecule has 0 N–H and O–H groups in total. The van der Waals surface area contributed by atoms with E-state index in [0.29, 0.717) is 29.5 Å². The average Bonchev–Trinajstić information content (AvgIpc) is 3.37. The lowest BCUT2D eigenvalue weighted by Crippen LogP contribution is -2.43. The van der Waals surface area contributed by atoms with E-state index in [0.717, 1.165) is 40.8 Å². The maximum atomic E-state index is 14.2. The molecule has 2 atom stereocenters. The molecule has 0 spiro atoms. The number of carbonyl (C=O) groups excluding carboxylic acids is 2. The van der Waals surface area contributed by atoms with Gasteiger partial charge in [-0.05, 0) is 83.0 Å². The second-order valence-electron chi connectivity index (χ2n) is 11.7. The van der Waals surface area contributed by atoms with Crippen molar-refractivity contribution in [2.75, 3.05) is 6.61 Å². The highest BCUT2D eigenvalue weighted by Gasteiger charge is 2.41. The molecule has 0 radical (unpaired) electrons. The molecule has 5 nitrogen and oxygen atoms in total. The molecule has 2 amide bonds. The predicted octanol–water partition coefficient (Wildman–Crippen LogP) is 8.95. The van der Waals surface area contributed by atoms with Crippen molar-refractivity contribution in [3.8, 4) is 16.9 Å². The van der Waals surface area contributed by atoms with Gasteiger partial charge in [-0.2, -0.15) is 13.2 Å². The number of carbonyl (C=O) groups is 2. The number of halogens is 5. The summed E-state index contributed by atoms with van der Waals surface area (Å²) in [4.78, 5) is 28.3. The van der Waals surface area contributed by atoms with E-state index >= 15 is 0 Å². The van der Waals surface area contributed by atoms with Crippen LogP contribution in [0.3, 0.4) is 0 Å². The number of rotatable bonds is 10. The molecule has 1 aliphatic heterocycles. The molecule has 0 saturated carbocycles. The van der Waals surface area contributed by atoms with Gasteiger partial charge in [0.25, 0.3) is 0 Å². The number of hydrogen-bond donors (Lipinski definition) is 0. The first-order chi connectivity index (χ1) is 21.9. The van der Waals surface area contributed by atoms with Gasteiger partial charge in [0.05, 0.1) is 17.5 Å². The molecule has 1 aliphatic rings. The molecule has 1 fully saturated rings. The third kappa shape index (κ3) is 7.91. The fourth-order valence-electron chi connectivity index (χ4n) is 5.57. The second-order valence-corrected chi connectivity index (χ2v) is 11.7. The fraction of sp³-hybridized carbons (Fsp3) is 0.278. The van der Waals surface area contributed by atoms with Crippen molar-refractivity contribution >= 4 is 12.0 Å². The van der Waals surface area contributed by atoms with Crippen LogP contribution < -0.4 is 4.74 Å². The largest absolute Gasteiger partial charge is 0.489 e. The molecular weight excluding hydrogens is 605 g/mol. The minimum absolute atomic E-state index is 0.00881. The summed E-state index contributed by atoms with van der Waals surface area (Å²) in [6.45, 7) is 3.68. The summed E-state index contributed by atoms with van der Waals surface area (Å²) in [5, 5.41) is 0. The molecule has 240 valence electrons. The Morgan fingerprint density at radius 3 is 2.20 bits per heavy atom. The van der Waals surface area contributed by atoms with E-state index in [1.165, 1.54) is 12.1 Å². The van der Waals surface area contributed by atoms with E-state index < -0.39 is 47.3 Å². The van der Waals surface area contributed by atoms with Crippen LogP contribution >= 0.6 is 0 Å². The third-order valence-electron chi connectivity index (χ3n) is 7.72. The molecule has 0 bridgehead atoms. The van der Waals surface area contributed by atoms with Crippen molar-refractivity contribution in [2.24, 2.45) is 5.92 Å². The number of benzene rings is 4. The fourth-order valence-corrected chi connectivity index (χ4v) is 5.57. The van der Waals surface area contributed by atoms with Crippen LogP contribution in [-0.4, -0.2) is 29.5 Å². The molecule has 4 aromatic carbocycles. The Bertz CT molecular complexity index is 1670. The van der Waals surface area contributed by atoms with E-state index in [2.05, 4.69) is 0 Å². The molecule has 0 aromatic heterocycles. The maximum absolute atomic E-state index is 14.2. The Labute approximate surface area is 263 Å². The summed E-state index contributed by atoms with van der Waals surface area (Å²) < 4.78 is 78.7. The quantitative estimate of drug-likeness (QED) is 0.163. The first-order valence-corrected chi connectivity index (χ1v) is 14.8. The van der Waals surface area contributed by atoms with Gasteiger partial charge in [0.2, 0.25) is 5.91 Å². The minimum atomic E-state index is -4.52. The Balaban J connectivity index is 1.53. The monoisotopic (exact) mass is 637 g/mol.